The average Bonchev–Trinajstić information content (AvgIpc) is 2.19. The van der Waals surface area contributed by atoms with Crippen molar-refractivity contribution in [3.05, 3.63) is 29.8 Å². The van der Waals surface area contributed by atoms with Gasteiger partial charge in [-0.1, -0.05) is 12.1 Å². The van der Waals surface area contributed by atoms with E-state index in [1.165, 1.54) is 13.8 Å². The van der Waals surface area contributed by atoms with Gasteiger partial charge in [0.25, 0.3) is 0 Å². The highest BCUT2D eigenvalue weighted by molar-refractivity contribution is 5.88. The number of anilines is 1. The van der Waals surface area contributed by atoms with Crippen LogP contribution in [-0.2, 0) is 16.0 Å². The predicted molar refractivity (Wildman–Crippen MR) is 64.7 cm³/mol. The first-order valence-electron chi connectivity index (χ1n) is 5.20. The lowest BCUT2D eigenvalue weighted by Gasteiger charge is -2.19. The van der Waals surface area contributed by atoms with Crippen LogP contribution in [0.5, 0.6) is 0 Å². The van der Waals surface area contributed by atoms with Crippen LogP contribution in [0.25, 0.3) is 0 Å². The molecule has 0 spiro atoms. The summed E-state index contributed by atoms with van der Waals surface area (Å²) in [6.07, 6.45) is 0.239. The van der Waals surface area contributed by atoms with Gasteiger partial charge in [-0.15, -0.1) is 0 Å². The smallest absolute Gasteiger partial charge is 0.323 e. The van der Waals surface area contributed by atoms with Crippen molar-refractivity contribution in [2.45, 2.75) is 25.8 Å². The molecule has 17 heavy (non-hydrogen) atoms. The second-order valence-corrected chi connectivity index (χ2v) is 4.28. The molecule has 0 saturated carbocycles. The van der Waals surface area contributed by atoms with Gasteiger partial charge in [0.15, 0.2) is 0 Å². The Morgan fingerprint density at radius 2 is 1.88 bits per heavy atom. The first-order chi connectivity index (χ1) is 7.81. The fourth-order valence-corrected chi connectivity index (χ4v) is 1.41. The summed E-state index contributed by atoms with van der Waals surface area (Å²) in [5, 5.41) is 11.5. The molecule has 0 aromatic heterocycles. The van der Waals surface area contributed by atoms with E-state index in [9.17, 15) is 9.59 Å². The maximum Gasteiger partial charge on any atom is 0.323 e. The number of hydrogen-bond donors (Lipinski definition) is 3. The van der Waals surface area contributed by atoms with E-state index in [1.807, 2.05) is 0 Å². The van der Waals surface area contributed by atoms with Crippen LogP contribution in [0.15, 0.2) is 24.3 Å². The molecule has 0 aliphatic carbocycles. The molecule has 5 heteroatoms. The second-order valence-electron chi connectivity index (χ2n) is 4.28. The number of carbonyl (C=O) groups excluding carboxylic acids is 1. The SMILES string of the molecule is CC(=O)Nc1ccc(CC(C)(N)C(=O)O)cc1. The van der Waals surface area contributed by atoms with Crippen molar-refractivity contribution in [1.29, 1.82) is 0 Å². The Morgan fingerprint density at radius 3 is 2.29 bits per heavy atom. The summed E-state index contributed by atoms with van der Waals surface area (Å²) in [6, 6.07) is 6.93. The van der Waals surface area contributed by atoms with Crippen molar-refractivity contribution >= 4 is 17.6 Å². The first-order valence-corrected chi connectivity index (χ1v) is 5.20. The van der Waals surface area contributed by atoms with Gasteiger partial charge in [0.05, 0.1) is 0 Å². The minimum absolute atomic E-state index is 0.146. The third-order valence-electron chi connectivity index (χ3n) is 2.33. The molecular weight excluding hydrogens is 220 g/mol. The van der Waals surface area contributed by atoms with Crippen molar-refractivity contribution in [3.8, 4) is 0 Å². The van der Waals surface area contributed by atoms with Crippen LogP contribution in [0.4, 0.5) is 5.69 Å². The summed E-state index contributed by atoms with van der Waals surface area (Å²) in [5.41, 5.74) is 5.85. The first kappa shape index (κ1) is 13.2. The van der Waals surface area contributed by atoms with Gasteiger partial charge in [-0.3, -0.25) is 9.59 Å². The molecule has 1 amide bonds. The maximum atomic E-state index is 10.9. The molecule has 0 aliphatic rings. The largest absolute Gasteiger partial charge is 0.480 e. The van der Waals surface area contributed by atoms with Crippen LogP contribution in [0.2, 0.25) is 0 Å². The van der Waals surface area contributed by atoms with Gasteiger partial charge in [0.1, 0.15) is 5.54 Å². The molecule has 1 aromatic carbocycles. The molecule has 1 unspecified atom stereocenters. The summed E-state index contributed by atoms with van der Waals surface area (Å²) >= 11 is 0. The fraction of sp³-hybridized carbons (Fsp3) is 0.333. The van der Waals surface area contributed by atoms with Crippen LogP contribution in [-0.4, -0.2) is 22.5 Å². The summed E-state index contributed by atoms with van der Waals surface area (Å²) in [6.45, 7) is 2.90. The van der Waals surface area contributed by atoms with Crippen molar-refractivity contribution < 1.29 is 14.7 Å². The summed E-state index contributed by atoms with van der Waals surface area (Å²) in [5.74, 6) is -1.18. The minimum atomic E-state index is -1.28. The lowest BCUT2D eigenvalue weighted by atomic mass is 9.94. The Kier molecular flexibility index (Phi) is 3.85. The van der Waals surface area contributed by atoms with Crippen molar-refractivity contribution in [3.63, 3.8) is 0 Å². The van der Waals surface area contributed by atoms with Crippen LogP contribution in [0, 0.1) is 0 Å². The van der Waals surface area contributed by atoms with Gasteiger partial charge in [-0.2, -0.15) is 0 Å². The molecule has 92 valence electrons. The molecule has 0 fully saturated rings. The molecule has 0 radical (unpaired) electrons. The van der Waals surface area contributed by atoms with Crippen molar-refractivity contribution in [1.82, 2.24) is 0 Å². The Hall–Kier alpha value is -1.88. The van der Waals surface area contributed by atoms with E-state index < -0.39 is 11.5 Å². The molecule has 5 nitrogen and oxygen atoms in total. The lowest BCUT2D eigenvalue weighted by Crippen LogP contribution is -2.46. The highest BCUT2D eigenvalue weighted by Gasteiger charge is 2.27. The quantitative estimate of drug-likeness (QED) is 0.726. The molecule has 1 atom stereocenters. The van der Waals surface area contributed by atoms with E-state index in [-0.39, 0.29) is 12.3 Å². The number of amides is 1. The second kappa shape index (κ2) is 4.97. The number of carbonyl (C=O) groups is 2. The number of nitrogens with one attached hydrogen (secondary N) is 1. The van der Waals surface area contributed by atoms with Crippen molar-refractivity contribution in [2.24, 2.45) is 5.73 Å². The Bertz CT molecular complexity index is 424. The van der Waals surface area contributed by atoms with Crippen LogP contribution in [0.1, 0.15) is 19.4 Å². The van der Waals surface area contributed by atoms with Gasteiger partial charge in [-0.05, 0) is 24.6 Å². The van der Waals surface area contributed by atoms with Crippen molar-refractivity contribution in [2.75, 3.05) is 5.32 Å². The third-order valence-corrected chi connectivity index (χ3v) is 2.33. The molecule has 0 saturated heterocycles. The highest BCUT2D eigenvalue weighted by Crippen LogP contribution is 2.14. The summed E-state index contributed by atoms with van der Waals surface area (Å²) < 4.78 is 0. The Morgan fingerprint density at radius 1 is 1.35 bits per heavy atom. The lowest BCUT2D eigenvalue weighted by molar-refractivity contribution is -0.142. The number of aliphatic carboxylic acids is 1. The van der Waals surface area contributed by atoms with Gasteiger partial charge in [0.2, 0.25) is 5.91 Å². The molecule has 0 aliphatic heterocycles. The maximum absolute atomic E-state index is 10.9. The van der Waals surface area contributed by atoms with E-state index >= 15 is 0 Å². The molecule has 0 bridgehead atoms. The van der Waals surface area contributed by atoms with E-state index in [0.29, 0.717) is 5.69 Å². The Balaban J connectivity index is 2.75. The zero-order valence-corrected chi connectivity index (χ0v) is 9.86. The van der Waals surface area contributed by atoms with Crippen LogP contribution >= 0.6 is 0 Å². The van der Waals surface area contributed by atoms with E-state index in [4.69, 9.17) is 10.8 Å². The Labute approximate surface area is 99.6 Å². The van der Waals surface area contributed by atoms with Gasteiger partial charge < -0.3 is 16.2 Å². The number of rotatable bonds is 4. The average molecular weight is 236 g/mol. The normalized spacial score (nSPS) is 13.8. The molecule has 0 heterocycles. The number of nitrogens with two attached hydrogens (primary N) is 1. The molecule has 4 N–H and O–H groups in total. The van der Waals surface area contributed by atoms with Gasteiger partial charge in [0, 0.05) is 19.0 Å². The predicted octanol–water partition coefficient (Wildman–Crippen LogP) is 0.989. The van der Waals surface area contributed by atoms with E-state index in [2.05, 4.69) is 5.32 Å². The monoisotopic (exact) mass is 236 g/mol. The van der Waals surface area contributed by atoms with Gasteiger partial charge in [-0.25, -0.2) is 0 Å². The number of benzene rings is 1. The fourth-order valence-electron chi connectivity index (χ4n) is 1.41. The molecule has 1 aromatic rings. The summed E-state index contributed by atoms with van der Waals surface area (Å²) in [7, 11) is 0. The number of carboxylic acid groups (broad SMARTS) is 1. The minimum Gasteiger partial charge on any atom is -0.480 e. The summed E-state index contributed by atoms with van der Waals surface area (Å²) in [4.78, 5) is 21.7. The van der Waals surface area contributed by atoms with E-state index in [1.54, 1.807) is 24.3 Å². The molecule has 1 rings (SSSR count). The molecular formula is C12H16N2O3. The van der Waals surface area contributed by atoms with Crippen LogP contribution in [0.3, 0.4) is 0 Å². The topological polar surface area (TPSA) is 92.4 Å². The van der Waals surface area contributed by atoms with Crippen LogP contribution < -0.4 is 11.1 Å². The van der Waals surface area contributed by atoms with Gasteiger partial charge >= 0.3 is 5.97 Å². The zero-order chi connectivity index (χ0) is 13.1. The number of carboxylic acids is 1. The number of hydrogen-bond acceptors (Lipinski definition) is 3. The highest BCUT2D eigenvalue weighted by atomic mass is 16.4. The van der Waals surface area contributed by atoms with E-state index in [0.717, 1.165) is 5.56 Å². The standard InChI is InChI=1S/C12H16N2O3/c1-8(15)14-10-5-3-9(4-6-10)7-12(2,13)11(16)17/h3-6H,7,13H2,1-2H3,(H,14,15)(H,16,17). The zero-order valence-electron chi connectivity index (χ0n) is 9.86. The third kappa shape index (κ3) is 3.88.